The largest absolute Gasteiger partial charge is 0.508 e. The summed E-state index contributed by atoms with van der Waals surface area (Å²) in [5.74, 6) is 1.07. The molecule has 17 heavy (non-hydrogen) atoms. The number of halogens is 2. The Balaban J connectivity index is 2.34. The van der Waals surface area contributed by atoms with Gasteiger partial charge >= 0.3 is 0 Å². The first-order valence-electron chi connectivity index (χ1n) is 4.70. The minimum Gasteiger partial charge on any atom is -0.508 e. The first kappa shape index (κ1) is 12.7. The number of ether oxygens (including phenoxy) is 1. The average Bonchev–Trinajstić information content (AvgIpc) is 2.22. The van der Waals surface area contributed by atoms with Crippen LogP contribution in [0.4, 0.5) is 0 Å². The molecule has 0 unspecified atom stereocenters. The lowest BCUT2D eigenvalue weighted by molar-refractivity contribution is 0.407. The predicted octanol–water partition coefficient (Wildman–Crippen LogP) is 4.10. The van der Waals surface area contributed by atoms with Crippen molar-refractivity contribution in [3.8, 4) is 23.0 Å². The van der Waals surface area contributed by atoms with E-state index in [9.17, 15) is 10.2 Å². The van der Waals surface area contributed by atoms with E-state index in [1.165, 1.54) is 6.07 Å². The maximum Gasteiger partial charge on any atom is 0.170 e. The van der Waals surface area contributed by atoms with Crippen molar-refractivity contribution in [2.45, 2.75) is 0 Å². The molecule has 0 amide bonds. The molecule has 0 aromatic heterocycles. The maximum atomic E-state index is 9.64. The highest BCUT2D eigenvalue weighted by Gasteiger charge is 2.06. The van der Waals surface area contributed by atoms with E-state index in [1.807, 2.05) is 0 Å². The van der Waals surface area contributed by atoms with Crippen LogP contribution in [-0.4, -0.2) is 10.2 Å². The minimum absolute atomic E-state index is 0.0729. The number of phenols is 2. The summed E-state index contributed by atoms with van der Waals surface area (Å²) in [6.07, 6.45) is 0. The van der Waals surface area contributed by atoms with Crippen molar-refractivity contribution in [1.82, 2.24) is 0 Å². The Bertz CT molecular complexity index is 535. The first-order chi connectivity index (χ1) is 8.04. The standard InChI is InChI=1S/C12H8I2O3/c13-7-1-2-11(16)12(5-7)17-10-4-8(14)3-9(15)6-10/h1-6,15-16H. The molecule has 88 valence electrons. The number of hydrogen-bond acceptors (Lipinski definition) is 3. The van der Waals surface area contributed by atoms with E-state index in [2.05, 4.69) is 45.2 Å². The molecule has 0 atom stereocenters. The monoisotopic (exact) mass is 454 g/mol. The molecule has 0 heterocycles. The van der Waals surface area contributed by atoms with Crippen LogP contribution in [0.25, 0.3) is 0 Å². The number of phenolic OH excluding ortho intramolecular Hbond substituents is 2. The van der Waals surface area contributed by atoms with Gasteiger partial charge in [0, 0.05) is 13.2 Å². The molecule has 2 aromatic carbocycles. The molecule has 3 nitrogen and oxygen atoms in total. The third kappa shape index (κ3) is 3.38. The Hall–Kier alpha value is -0.700. The van der Waals surface area contributed by atoms with Crippen LogP contribution in [0.15, 0.2) is 36.4 Å². The Morgan fingerprint density at radius 2 is 1.65 bits per heavy atom. The second-order valence-corrected chi connectivity index (χ2v) is 5.85. The number of hydrogen-bond donors (Lipinski definition) is 2. The molecule has 2 aromatic rings. The highest BCUT2D eigenvalue weighted by Crippen LogP contribution is 2.33. The van der Waals surface area contributed by atoms with Crippen LogP contribution in [-0.2, 0) is 0 Å². The smallest absolute Gasteiger partial charge is 0.170 e. The summed E-state index contributed by atoms with van der Waals surface area (Å²) >= 11 is 4.22. The van der Waals surface area contributed by atoms with Crippen molar-refractivity contribution in [3.05, 3.63) is 43.5 Å². The van der Waals surface area contributed by atoms with E-state index in [1.54, 1.807) is 30.3 Å². The van der Waals surface area contributed by atoms with Crippen LogP contribution in [0.2, 0.25) is 0 Å². The molecule has 0 aliphatic rings. The van der Waals surface area contributed by atoms with Gasteiger partial charge in [-0.1, -0.05) is 0 Å². The lowest BCUT2D eigenvalue weighted by Gasteiger charge is -2.08. The van der Waals surface area contributed by atoms with Crippen molar-refractivity contribution in [3.63, 3.8) is 0 Å². The Kier molecular flexibility index (Phi) is 3.97. The fraction of sp³-hybridized carbons (Fsp3) is 0. The van der Waals surface area contributed by atoms with Crippen LogP contribution >= 0.6 is 45.2 Å². The van der Waals surface area contributed by atoms with Crippen molar-refractivity contribution >= 4 is 45.2 Å². The number of aromatic hydroxyl groups is 2. The normalized spacial score (nSPS) is 10.2. The van der Waals surface area contributed by atoms with Gasteiger partial charge in [-0.15, -0.1) is 0 Å². The summed E-state index contributed by atoms with van der Waals surface area (Å²) in [7, 11) is 0. The van der Waals surface area contributed by atoms with Gasteiger partial charge < -0.3 is 14.9 Å². The van der Waals surface area contributed by atoms with Gasteiger partial charge in [0.1, 0.15) is 11.5 Å². The lowest BCUT2D eigenvalue weighted by atomic mass is 10.3. The molecule has 5 heteroatoms. The topological polar surface area (TPSA) is 49.7 Å². The van der Waals surface area contributed by atoms with E-state index in [0.29, 0.717) is 11.5 Å². The van der Waals surface area contributed by atoms with Crippen LogP contribution in [0.1, 0.15) is 0 Å². The SMILES string of the molecule is Oc1cc(I)cc(Oc2cc(I)ccc2O)c1. The second kappa shape index (κ2) is 5.30. The zero-order chi connectivity index (χ0) is 12.4. The molecule has 0 spiro atoms. The molecule has 0 aliphatic carbocycles. The molecular formula is C12H8I2O3. The molecule has 2 rings (SSSR count). The summed E-state index contributed by atoms with van der Waals surface area (Å²) in [6, 6.07) is 10.00. The summed E-state index contributed by atoms with van der Waals surface area (Å²) < 4.78 is 7.36. The molecule has 0 aliphatic heterocycles. The molecule has 0 radical (unpaired) electrons. The van der Waals surface area contributed by atoms with Gasteiger partial charge in [0.25, 0.3) is 0 Å². The van der Waals surface area contributed by atoms with Crippen LogP contribution in [0.5, 0.6) is 23.0 Å². The highest BCUT2D eigenvalue weighted by molar-refractivity contribution is 14.1. The van der Waals surface area contributed by atoms with Gasteiger partial charge in [0.05, 0.1) is 0 Å². The van der Waals surface area contributed by atoms with Gasteiger partial charge in [-0.3, -0.25) is 0 Å². The average molecular weight is 454 g/mol. The first-order valence-corrected chi connectivity index (χ1v) is 6.86. The Morgan fingerprint density at radius 1 is 0.882 bits per heavy atom. The molecule has 0 saturated heterocycles. The van der Waals surface area contributed by atoms with Crippen LogP contribution < -0.4 is 4.74 Å². The summed E-state index contributed by atoms with van der Waals surface area (Å²) in [5.41, 5.74) is 0. The van der Waals surface area contributed by atoms with Crippen molar-refractivity contribution in [2.75, 3.05) is 0 Å². The fourth-order valence-corrected chi connectivity index (χ4v) is 2.39. The zero-order valence-electron chi connectivity index (χ0n) is 8.52. The second-order valence-electron chi connectivity index (χ2n) is 3.36. The molecule has 0 fully saturated rings. The lowest BCUT2D eigenvalue weighted by Crippen LogP contribution is -1.86. The highest BCUT2D eigenvalue weighted by atomic mass is 127. The van der Waals surface area contributed by atoms with E-state index >= 15 is 0 Å². The summed E-state index contributed by atoms with van der Waals surface area (Å²) in [5, 5.41) is 19.1. The quantitative estimate of drug-likeness (QED) is 0.673. The molecule has 2 N–H and O–H groups in total. The van der Waals surface area contributed by atoms with E-state index in [4.69, 9.17) is 4.74 Å². The maximum absolute atomic E-state index is 9.64. The van der Waals surface area contributed by atoms with Gasteiger partial charge in [0.2, 0.25) is 0 Å². The Labute approximate surface area is 126 Å². The van der Waals surface area contributed by atoms with Gasteiger partial charge in [-0.2, -0.15) is 0 Å². The third-order valence-corrected chi connectivity index (χ3v) is 3.30. The van der Waals surface area contributed by atoms with E-state index < -0.39 is 0 Å². The van der Waals surface area contributed by atoms with Gasteiger partial charge in [-0.05, 0) is 75.5 Å². The van der Waals surface area contributed by atoms with E-state index in [-0.39, 0.29) is 11.5 Å². The number of rotatable bonds is 2. The van der Waals surface area contributed by atoms with Crippen LogP contribution in [0, 0.1) is 7.14 Å². The molecular weight excluding hydrogens is 446 g/mol. The van der Waals surface area contributed by atoms with Gasteiger partial charge in [0.15, 0.2) is 11.5 Å². The number of benzene rings is 2. The predicted molar refractivity (Wildman–Crippen MR) is 81.7 cm³/mol. The van der Waals surface area contributed by atoms with Crippen LogP contribution in [0.3, 0.4) is 0 Å². The van der Waals surface area contributed by atoms with Gasteiger partial charge in [-0.25, -0.2) is 0 Å². The Morgan fingerprint density at radius 3 is 2.35 bits per heavy atom. The van der Waals surface area contributed by atoms with E-state index in [0.717, 1.165) is 7.14 Å². The van der Waals surface area contributed by atoms with Crippen molar-refractivity contribution < 1.29 is 14.9 Å². The summed E-state index contributed by atoms with van der Waals surface area (Å²) in [4.78, 5) is 0. The minimum atomic E-state index is 0.0729. The summed E-state index contributed by atoms with van der Waals surface area (Å²) in [6.45, 7) is 0. The fourth-order valence-electron chi connectivity index (χ4n) is 1.30. The third-order valence-electron chi connectivity index (χ3n) is 2.01. The zero-order valence-corrected chi connectivity index (χ0v) is 12.8. The van der Waals surface area contributed by atoms with Crippen molar-refractivity contribution in [2.24, 2.45) is 0 Å². The van der Waals surface area contributed by atoms with Crippen molar-refractivity contribution in [1.29, 1.82) is 0 Å². The molecule has 0 saturated carbocycles. The molecule has 0 bridgehead atoms.